The average molecular weight is 186 g/mol. The van der Waals surface area contributed by atoms with E-state index in [0.29, 0.717) is 0 Å². The first kappa shape index (κ1) is 14.5. The molecule has 0 fully saturated rings. The minimum atomic E-state index is 0. The fraction of sp³-hybridized carbons (Fsp3) is 0. The molecule has 0 aliphatic carbocycles. The summed E-state index contributed by atoms with van der Waals surface area (Å²) in [6.07, 6.45) is 0. The Hall–Kier alpha value is 0.0117. The van der Waals surface area contributed by atoms with E-state index in [9.17, 15) is 0 Å². The summed E-state index contributed by atoms with van der Waals surface area (Å²) in [5, 5.41) is 0. The summed E-state index contributed by atoms with van der Waals surface area (Å²) in [7, 11) is 0. The first-order valence-electron chi connectivity index (χ1n) is 3.33. The first-order valence-corrected chi connectivity index (χ1v) is 3.33. The predicted octanol–water partition coefficient (Wildman–Crippen LogP) is -0.0750. The summed E-state index contributed by atoms with van der Waals surface area (Å²) in [6, 6.07) is 20.0. The van der Waals surface area contributed by atoms with E-state index in [-0.39, 0.29) is 42.0 Å². The minimum absolute atomic E-state index is 0. The molecule has 0 saturated carbocycles. The molecule has 0 radical (unpaired) electrons. The van der Waals surface area contributed by atoms with Crippen molar-refractivity contribution >= 4 is 0 Å². The van der Waals surface area contributed by atoms with Crippen LogP contribution in [0.1, 0.15) is 1.43 Å². The maximum atomic E-state index is 2.00. The van der Waals surface area contributed by atoms with Crippen molar-refractivity contribution in [1.82, 2.24) is 0 Å². The summed E-state index contributed by atoms with van der Waals surface area (Å²) >= 11 is 0. The van der Waals surface area contributed by atoms with Crippen LogP contribution in [0.3, 0.4) is 0 Å². The number of hydrogen-bond acceptors (Lipinski definition) is 0. The van der Waals surface area contributed by atoms with E-state index in [4.69, 9.17) is 0 Å². The monoisotopic (exact) mass is 186 g/mol. The summed E-state index contributed by atoms with van der Waals surface area (Å²) in [6.45, 7) is 0. The standard InChI is InChI=1S/2C5H5.Li.Ti.H/c2*1-2-4-5-3-1;;;/h2*1-5H;;;/q-5;-1;+1;;-1. The molecule has 0 saturated heterocycles. The molecule has 0 N–H and O–H groups in total. The van der Waals surface area contributed by atoms with Crippen LogP contribution in [-0.2, 0) is 21.7 Å². The molecule has 0 aliphatic rings. The molecule has 2 aromatic carbocycles. The van der Waals surface area contributed by atoms with Crippen molar-refractivity contribution in [3.63, 3.8) is 0 Å². The van der Waals surface area contributed by atoms with Gasteiger partial charge in [-0.1, -0.05) is 0 Å². The van der Waals surface area contributed by atoms with E-state index in [1.54, 1.807) is 0 Å². The molecule has 0 bridgehead atoms. The zero-order valence-electron chi connectivity index (χ0n) is 8.27. The van der Waals surface area contributed by atoms with Crippen LogP contribution in [0, 0.1) is 0 Å². The van der Waals surface area contributed by atoms with Gasteiger partial charge in [0.25, 0.3) is 0 Å². The fourth-order valence-corrected chi connectivity index (χ4v) is 0.642. The van der Waals surface area contributed by atoms with E-state index in [1.165, 1.54) is 0 Å². The van der Waals surface area contributed by atoms with Gasteiger partial charge in [-0.25, -0.2) is 12.1 Å². The Morgan fingerprint density at radius 2 is 1.08 bits per heavy atom. The van der Waals surface area contributed by atoms with Gasteiger partial charge in [-0.15, -0.1) is 0 Å². The zero-order chi connectivity index (χ0) is 7.07. The van der Waals surface area contributed by atoms with Crippen molar-refractivity contribution in [2.45, 2.75) is 0 Å². The quantitative estimate of drug-likeness (QED) is 0.399. The summed E-state index contributed by atoms with van der Waals surface area (Å²) in [4.78, 5) is 0. The first-order chi connectivity index (χ1) is 5.00. The molecular formula is C10H11LiTi-6. The van der Waals surface area contributed by atoms with E-state index in [2.05, 4.69) is 0 Å². The van der Waals surface area contributed by atoms with Gasteiger partial charge in [0, 0.05) is 21.7 Å². The van der Waals surface area contributed by atoms with Gasteiger partial charge in [-0.3, -0.25) is 0 Å². The molecule has 12 heavy (non-hydrogen) atoms. The number of hydrogen-bond donors (Lipinski definition) is 0. The zero-order valence-corrected chi connectivity index (χ0v) is 8.84. The molecule has 2 heteroatoms. The maximum Gasteiger partial charge on any atom is 1.00 e. The van der Waals surface area contributed by atoms with Crippen molar-refractivity contribution < 1.29 is 42.0 Å². The van der Waals surface area contributed by atoms with Crippen LogP contribution in [0.2, 0.25) is 0 Å². The van der Waals surface area contributed by atoms with Crippen LogP contribution >= 0.6 is 0 Å². The van der Waals surface area contributed by atoms with E-state index in [1.807, 2.05) is 60.7 Å². The minimum Gasteiger partial charge on any atom is -1.00 e. The second-order valence-electron chi connectivity index (χ2n) is 1.92. The largest absolute Gasteiger partial charge is 1.00 e. The average Bonchev–Trinajstić information content (AvgIpc) is 2.67. The Kier molecular flexibility index (Phi) is 13.3. The van der Waals surface area contributed by atoms with Crippen LogP contribution in [0.25, 0.3) is 0 Å². The molecule has 0 amide bonds. The van der Waals surface area contributed by atoms with Crippen molar-refractivity contribution in [2.75, 3.05) is 0 Å². The topological polar surface area (TPSA) is 0 Å². The van der Waals surface area contributed by atoms with E-state index in [0.717, 1.165) is 0 Å². The fourth-order valence-electron chi connectivity index (χ4n) is 0.642. The second-order valence-corrected chi connectivity index (χ2v) is 1.92. The van der Waals surface area contributed by atoms with Gasteiger partial charge in [0.15, 0.2) is 0 Å². The van der Waals surface area contributed by atoms with Crippen molar-refractivity contribution in [3.05, 3.63) is 60.7 Å². The Labute approximate surface area is 102 Å². The predicted molar refractivity (Wildman–Crippen MR) is 45.2 cm³/mol. The molecule has 0 nitrogen and oxygen atoms in total. The van der Waals surface area contributed by atoms with Gasteiger partial charge >= 0.3 is 18.9 Å². The van der Waals surface area contributed by atoms with E-state index < -0.39 is 0 Å². The summed E-state index contributed by atoms with van der Waals surface area (Å²) in [5.74, 6) is 0. The summed E-state index contributed by atoms with van der Waals surface area (Å²) in [5.41, 5.74) is 0. The molecule has 0 atom stereocenters. The molecular weight excluding hydrogens is 175 g/mol. The third-order valence-electron chi connectivity index (χ3n) is 1.11. The molecule has 62 valence electrons. The van der Waals surface area contributed by atoms with Crippen LogP contribution in [0.4, 0.5) is 0 Å². The molecule has 0 unspecified atom stereocenters. The SMILES string of the molecule is [H-].[Li+].[Ti].[cH-]1[cH-][cH-][cH-][cH-]1.c1cc[cH-]c1. The third-order valence-corrected chi connectivity index (χ3v) is 1.11. The Bertz CT molecular complexity index is 154. The Morgan fingerprint density at radius 3 is 1.25 bits per heavy atom. The molecule has 0 aliphatic heterocycles. The molecule has 2 rings (SSSR count). The Balaban J connectivity index is -0.000000125. The third kappa shape index (κ3) is 8.11. The summed E-state index contributed by atoms with van der Waals surface area (Å²) < 4.78 is 0. The van der Waals surface area contributed by atoms with Crippen molar-refractivity contribution in [1.29, 1.82) is 0 Å². The molecule has 0 spiro atoms. The van der Waals surface area contributed by atoms with Gasteiger partial charge in [0.2, 0.25) is 0 Å². The van der Waals surface area contributed by atoms with Crippen LogP contribution in [-0.4, -0.2) is 0 Å². The van der Waals surface area contributed by atoms with Gasteiger partial charge < -0.3 is 31.8 Å². The maximum absolute atomic E-state index is 2.00. The van der Waals surface area contributed by atoms with Gasteiger partial charge in [-0.2, -0.15) is 18.2 Å². The van der Waals surface area contributed by atoms with Gasteiger partial charge in [0.1, 0.15) is 0 Å². The number of rotatable bonds is 0. The van der Waals surface area contributed by atoms with E-state index >= 15 is 0 Å². The smallest absolute Gasteiger partial charge is 1.00 e. The molecule has 0 aromatic heterocycles. The second kappa shape index (κ2) is 11.0. The molecule has 2 aromatic rings. The molecule has 0 heterocycles. The van der Waals surface area contributed by atoms with Gasteiger partial charge in [0.05, 0.1) is 0 Å². The normalized spacial score (nSPS) is 6.67. The van der Waals surface area contributed by atoms with Crippen LogP contribution < -0.4 is 18.9 Å². The van der Waals surface area contributed by atoms with Crippen LogP contribution in [0.15, 0.2) is 60.7 Å². The van der Waals surface area contributed by atoms with Crippen molar-refractivity contribution in [3.8, 4) is 0 Å². The Morgan fingerprint density at radius 1 is 0.750 bits per heavy atom. The van der Waals surface area contributed by atoms with Crippen LogP contribution in [0.5, 0.6) is 0 Å². The van der Waals surface area contributed by atoms with Gasteiger partial charge in [-0.05, 0) is 0 Å². The van der Waals surface area contributed by atoms with Crippen molar-refractivity contribution in [2.24, 2.45) is 0 Å².